The molecule has 2 nitrogen and oxygen atoms in total. The van der Waals surface area contributed by atoms with Crippen molar-refractivity contribution in [2.24, 2.45) is 0 Å². The molecule has 1 aliphatic carbocycles. The molecule has 0 atom stereocenters. The topological polar surface area (TPSA) is 30.0 Å². The third-order valence-corrected chi connectivity index (χ3v) is 4.21. The first-order valence-electron chi connectivity index (χ1n) is 6.28. The number of aromatic nitrogens is 1. The minimum Gasteiger partial charge on any atom is -0.292 e. The fourth-order valence-corrected chi connectivity index (χ4v) is 3.12. The molecule has 0 amide bonds. The van der Waals surface area contributed by atoms with E-state index in [9.17, 15) is 4.79 Å². The summed E-state index contributed by atoms with van der Waals surface area (Å²) < 4.78 is 0. The first-order valence-corrected chi connectivity index (χ1v) is 7.16. The monoisotopic (exact) mass is 257 g/mol. The summed E-state index contributed by atoms with van der Waals surface area (Å²) in [6.45, 7) is 1.93. The first-order chi connectivity index (χ1) is 8.72. The van der Waals surface area contributed by atoms with E-state index in [0.717, 1.165) is 17.0 Å². The number of aryl methyl sites for hydroxylation is 3. The quantitative estimate of drug-likeness (QED) is 0.789. The largest absolute Gasteiger partial charge is 0.292 e. The van der Waals surface area contributed by atoms with E-state index in [2.05, 4.69) is 23.2 Å². The predicted molar refractivity (Wildman–Crippen MR) is 73.4 cm³/mol. The van der Waals surface area contributed by atoms with E-state index in [0.29, 0.717) is 12.1 Å². The molecule has 0 aliphatic heterocycles. The van der Waals surface area contributed by atoms with Crippen molar-refractivity contribution in [3.05, 3.63) is 51.0 Å². The van der Waals surface area contributed by atoms with Crippen LogP contribution in [0.3, 0.4) is 0 Å². The smallest absolute Gasteiger partial charge is 0.186 e. The van der Waals surface area contributed by atoms with Gasteiger partial charge in [0.05, 0.1) is 5.01 Å². The van der Waals surface area contributed by atoms with Crippen molar-refractivity contribution in [3.63, 3.8) is 0 Å². The van der Waals surface area contributed by atoms with Gasteiger partial charge in [-0.1, -0.05) is 18.2 Å². The van der Waals surface area contributed by atoms with Crippen LogP contribution in [0, 0.1) is 6.92 Å². The number of Topliss-reactive ketones (excluding diaryl/α,β-unsaturated/α-hetero) is 1. The number of hydrogen-bond donors (Lipinski definition) is 0. The number of benzene rings is 1. The average molecular weight is 257 g/mol. The number of carbonyl (C=O) groups is 1. The molecule has 3 heteroatoms. The van der Waals surface area contributed by atoms with Gasteiger partial charge in [-0.25, -0.2) is 4.98 Å². The molecule has 0 N–H and O–H groups in total. The zero-order valence-corrected chi connectivity index (χ0v) is 11.2. The molecule has 1 aromatic heterocycles. The number of nitrogens with zero attached hydrogens (tertiary/aromatic N) is 1. The van der Waals surface area contributed by atoms with Crippen LogP contribution >= 0.6 is 11.3 Å². The second-order valence-corrected chi connectivity index (χ2v) is 5.87. The lowest BCUT2D eigenvalue weighted by molar-refractivity contribution is 0.0989. The van der Waals surface area contributed by atoms with Gasteiger partial charge in [-0.2, -0.15) is 0 Å². The SMILES string of the molecule is Cc1nc(C(=O)Cc2ccc3c(c2)CCC3)cs1. The van der Waals surface area contributed by atoms with Gasteiger partial charge in [0.1, 0.15) is 5.69 Å². The Kier molecular flexibility index (Phi) is 3.00. The summed E-state index contributed by atoms with van der Waals surface area (Å²) in [5, 5.41) is 2.80. The van der Waals surface area contributed by atoms with Crippen molar-refractivity contribution < 1.29 is 4.79 Å². The highest BCUT2D eigenvalue weighted by molar-refractivity contribution is 7.09. The van der Waals surface area contributed by atoms with E-state index in [1.165, 1.54) is 35.3 Å². The van der Waals surface area contributed by atoms with Crippen LogP contribution in [0.4, 0.5) is 0 Å². The van der Waals surface area contributed by atoms with Crippen LogP contribution in [0.5, 0.6) is 0 Å². The second kappa shape index (κ2) is 4.65. The highest BCUT2D eigenvalue weighted by atomic mass is 32.1. The Labute approximate surface area is 111 Å². The lowest BCUT2D eigenvalue weighted by Crippen LogP contribution is -2.04. The Morgan fingerprint density at radius 2 is 2.17 bits per heavy atom. The molecular formula is C15H15NOS. The molecule has 0 unspecified atom stereocenters. The molecule has 0 spiro atoms. The minimum atomic E-state index is 0.122. The van der Waals surface area contributed by atoms with Crippen LogP contribution in [-0.4, -0.2) is 10.8 Å². The fourth-order valence-electron chi connectivity index (χ4n) is 2.50. The maximum Gasteiger partial charge on any atom is 0.186 e. The minimum absolute atomic E-state index is 0.122. The third kappa shape index (κ3) is 2.23. The number of ketones is 1. The fraction of sp³-hybridized carbons (Fsp3) is 0.333. The summed E-state index contributed by atoms with van der Waals surface area (Å²) in [7, 11) is 0. The lowest BCUT2D eigenvalue weighted by atomic mass is 10.0. The maximum absolute atomic E-state index is 12.1. The molecular weight excluding hydrogens is 242 g/mol. The predicted octanol–water partition coefficient (Wildman–Crippen LogP) is 3.37. The van der Waals surface area contributed by atoms with Gasteiger partial charge in [0.2, 0.25) is 0 Å². The summed E-state index contributed by atoms with van der Waals surface area (Å²) in [6, 6.07) is 6.46. The Morgan fingerprint density at radius 1 is 1.33 bits per heavy atom. The van der Waals surface area contributed by atoms with E-state index < -0.39 is 0 Å². The first kappa shape index (κ1) is 11.6. The second-order valence-electron chi connectivity index (χ2n) is 4.81. The molecule has 18 heavy (non-hydrogen) atoms. The van der Waals surface area contributed by atoms with Gasteiger partial charge in [-0.05, 0) is 42.9 Å². The van der Waals surface area contributed by atoms with Gasteiger partial charge < -0.3 is 0 Å². The van der Waals surface area contributed by atoms with Crippen LogP contribution in [0.2, 0.25) is 0 Å². The van der Waals surface area contributed by atoms with E-state index in [1.54, 1.807) is 0 Å². The van der Waals surface area contributed by atoms with Gasteiger partial charge >= 0.3 is 0 Å². The van der Waals surface area contributed by atoms with E-state index >= 15 is 0 Å². The molecule has 92 valence electrons. The van der Waals surface area contributed by atoms with E-state index in [1.807, 2.05) is 12.3 Å². The molecule has 0 bridgehead atoms. The number of rotatable bonds is 3. The van der Waals surface area contributed by atoms with Crippen LogP contribution in [0.1, 0.15) is 38.6 Å². The van der Waals surface area contributed by atoms with Gasteiger partial charge in [0.25, 0.3) is 0 Å². The number of carbonyl (C=O) groups excluding carboxylic acids is 1. The Bertz CT molecular complexity index is 600. The van der Waals surface area contributed by atoms with Gasteiger partial charge in [-0.3, -0.25) is 4.79 Å². The summed E-state index contributed by atoms with van der Waals surface area (Å²) in [6.07, 6.45) is 4.07. The van der Waals surface area contributed by atoms with Crippen molar-refractivity contribution in [3.8, 4) is 0 Å². The Hall–Kier alpha value is -1.48. The Balaban J connectivity index is 1.78. The molecule has 0 saturated heterocycles. The van der Waals surface area contributed by atoms with Crippen LogP contribution < -0.4 is 0 Å². The maximum atomic E-state index is 12.1. The highest BCUT2D eigenvalue weighted by Crippen LogP contribution is 2.23. The molecule has 2 aromatic rings. The van der Waals surface area contributed by atoms with Crippen molar-refractivity contribution >= 4 is 17.1 Å². The molecule has 1 aromatic carbocycles. The van der Waals surface area contributed by atoms with Crippen molar-refractivity contribution in [1.82, 2.24) is 4.98 Å². The van der Waals surface area contributed by atoms with Gasteiger partial charge in [0, 0.05) is 11.8 Å². The molecule has 3 rings (SSSR count). The summed E-state index contributed by atoms with van der Waals surface area (Å²) in [5.74, 6) is 0.122. The average Bonchev–Trinajstić information content (AvgIpc) is 2.96. The van der Waals surface area contributed by atoms with Gasteiger partial charge in [-0.15, -0.1) is 11.3 Å². The number of thiazole rings is 1. The molecule has 0 radical (unpaired) electrons. The van der Waals surface area contributed by atoms with Crippen molar-refractivity contribution in [2.45, 2.75) is 32.6 Å². The third-order valence-electron chi connectivity index (χ3n) is 3.43. The molecule has 1 aliphatic rings. The number of fused-ring (bicyclic) bond motifs is 1. The van der Waals surface area contributed by atoms with E-state index in [-0.39, 0.29) is 5.78 Å². The summed E-state index contributed by atoms with van der Waals surface area (Å²) >= 11 is 1.53. The van der Waals surface area contributed by atoms with Crippen LogP contribution in [0.25, 0.3) is 0 Å². The van der Waals surface area contributed by atoms with Crippen molar-refractivity contribution in [2.75, 3.05) is 0 Å². The lowest BCUT2D eigenvalue weighted by Gasteiger charge is -2.03. The normalized spacial score (nSPS) is 13.6. The van der Waals surface area contributed by atoms with Crippen LogP contribution in [-0.2, 0) is 19.3 Å². The van der Waals surface area contributed by atoms with Crippen molar-refractivity contribution in [1.29, 1.82) is 0 Å². The summed E-state index contributed by atoms with van der Waals surface area (Å²) in [4.78, 5) is 16.3. The molecule has 0 saturated carbocycles. The van der Waals surface area contributed by atoms with E-state index in [4.69, 9.17) is 0 Å². The molecule has 0 fully saturated rings. The highest BCUT2D eigenvalue weighted by Gasteiger charge is 2.14. The Morgan fingerprint density at radius 3 is 2.94 bits per heavy atom. The standard InChI is InChI=1S/C15H15NOS/c1-10-16-14(9-18-10)15(17)8-11-5-6-12-3-2-4-13(12)7-11/h5-7,9H,2-4,8H2,1H3. The van der Waals surface area contributed by atoms with Gasteiger partial charge in [0.15, 0.2) is 5.78 Å². The molecule has 1 heterocycles. The van der Waals surface area contributed by atoms with Crippen LogP contribution in [0.15, 0.2) is 23.6 Å². The zero-order valence-electron chi connectivity index (χ0n) is 10.4. The summed E-state index contributed by atoms with van der Waals surface area (Å²) in [5.41, 5.74) is 4.61. The zero-order chi connectivity index (χ0) is 12.5. The number of hydrogen-bond acceptors (Lipinski definition) is 3.